The number of halogens is 1. The van der Waals surface area contributed by atoms with E-state index in [0.717, 1.165) is 4.47 Å². The fraction of sp³-hybridized carbons (Fsp3) is 0.0667. The molecular weight excluding hydrogens is 336 g/mol. The monoisotopic (exact) mass is 344 g/mol. The van der Waals surface area contributed by atoms with Crippen LogP contribution in [0, 0.1) is 21.4 Å². The van der Waals surface area contributed by atoms with Crippen LogP contribution < -0.4 is 0 Å². The predicted molar refractivity (Wildman–Crippen MR) is 79.9 cm³/mol. The standard InChI is InChI=1S/C15H9BrN2O3/c16-11-5-3-4-10(8-11)13(9-17)15(19)12-6-1-2-7-14(12)18(20)21/h1-8,13H. The maximum Gasteiger partial charge on any atom is 0.280 e. The van der Waals surface area contributed by atoms with Gasteiger partial charge in [-0.05, 0) is 23.8 Å². The molecule has 0 saturated heterocycles. The summed E-state index contributed by atoms with van der Waals surface area (Å²) in [7, 11) is 0. The Labute approximate surface area is 129 Å². The highest BCUT2D eigenvalue weighted by Crippen LogP contribution is 2.27. The van der Waals surface area contributed by atoms with Gasteiger partial charge >= 0.3 is 0 Å². The number of benzene rings is 2. The minimum Gasteiger partial charge on any atom is -0.292 e. The maximum absolute atomic E-state index is 12.5. The number of para-hydroxylation sites is 1. The van der Waals surface area contributed by atoms with Crippen molar-refractivity contribution in [3.8, 4) is 6.07 Å². The Morgan fingerprint density at radius 2 is 1.95 bits per heavy atom. The van der Waals surface area contributed by atoms with Crippen molar-refractivity contribution in [2.75, 3.05) is 0 Å². The minimum absolute atomic E-state index is 0.0611. The molecule has 1 unspecified atom stereocenters. The molecule has 21 heavy (non-hydrogen) atoms. The average Bonchev–Trinajstić information content (AvgIpc) is 2.48. The number of nitriles is 1. The lowest BCUT2D eigenvalue weighted by atomic mass is 9.91. The van der Waals surface area contributed by atoms with Crippen molar-refractivity contribution in [1.29, 1.82) is 5.26 Å². The molecule has 6 heteroatoms. The van der Waals surface area contributed by atoms with Crippen LogP contribution in [0.1, 0.15) is 21.8 Å². The zero-order chi connectivity index (χ0) is 15.4. The molecule has 0 spiro atoms. The van der Waals surface area contributed by atoms with Gasteiger partial charge in [0.15, 0.2) is 5.78 Å². The van der Waals surface area contributed by atoms with Gasteiger partial charge in [-0.1, -0.05) is 40.2 Å². The summed E-state index contributed by atoms with van der Waals surface area (Å²) in [5, 5.41) is 20.3. The molecule has 0 aliphatic heterocycles. The Balaban J connectivity index is 2.48. The topological polar surface area (TPSA) is 84.0 Å². The van der Waals surface area contributed by atoms with E-state index in [-0.39, 0.29) is 11.3 Å². The zero-order valence-electron chi connectivity index (χ0n) is 10.7. The molecule has 5 nitrogen and oxygen atoms in total. The molecule has 2 aromatic rings. The SMILES string of the molecule is N#CC(C(=O)c1ccccc1[N+](=O)[O-])c1cccc(Br)c1. The summed E-state index contributed by atoms with van der Waals surface area (Å²) in [6.45, 7) is 0. The molecule has 0 N–H and O–H groups in total. The molecule has 0 aliphatic rings. The Kier molecular flexibility index (Phi) is 4.45. The van der Waals surface area contributed by atoms with Crippen molar-refractivity contribution in [1.82, 2.24) is 0 Å². The third-order valence-electron chi connectivity index (χ3n) is 2.94. The zero-order valence-corrected chi connectivity index (χ0v) is 12.3. The first-order chi connectivity index (χ1) is 10.0. The number of nitro groups is 1. The highest BCUT2D eigenvalue weighted by molar-refractivity contribution is 9.10. The van der Waals surface area contributed by atoms with Crippen molar-refractivity contribution in [3.05, 3.63) is 74.2 Å². The number of Topliss-reactive ketones (excluding diaryl/α,β-unsaturated/α-hetero) is 1. The van der Waals surface area contributed by atoms with Gasteiger partial charge in [0.1, 0.15) is 5.92 Å². The van der Waals surface area contributed by atoms with Crippen LogP contribution in [0.25, 0.3) is 0 Å². The number of hydrogen-bond donors (Lipinski definition) is 0. The van der Waals surface area contributed by atoms with Gasteiger partial charge in [-0.3, -0.25) is 14.9 Å². The van der Waals surface area contributed by atoms with Gasteiger partial charge < -0.3 is 0 Å². The van der Waals surface area contributed by atoms with Crippen molar-refractivity contribution < 1.29 is 9.72 Å². The summed E-state index contributed by atoms with van der Waals surface area (Å²) in [6, 6.07) is 14.3. The largest absolute Gasteiger partial charge is 0.292 e. The van der Waals surface area contributed by atoms with Crippen LogP contribution in [0.15, 0.2) is 53.0 Å². The van der Waals surface area contributed by atoms with Crippen LogP contribution in [0.4, 0.5) is 5.69 Å². The second kappa shape index (κ2) is 6.29. The first-order valence-corrected chi connectivity index (χ1v) is 6.76. The second-order valence-electron chi connectivity index (χ2n) is 4.26. The van der Waals surface area contributed by atoms with E-state index in [1.54, 1.807) is 24.3 Å². The van der Waals surface area contributed by atoms with Gasteiger partial charge in [-0.2, -0.15) is 5.26 Å². The normalized spacial score (nSPS) is 11.4. The van der Waals surface area contributed by atoms with Crippen molar-refractivity contribution in [3.63, 3.8) is 0 Å². The third kappa shape index (κ3) is 3.15. The fourth-order valence-corrected chi connectivity index (χ4v) is 2.38. The smallest absolute Gasteiger partial charge is 0.280 e. The fourth-order valence-electron chi connectivity index (χ4n) is 1.97. The molecule has 0 radical (unpaired) electrons. The van der Waals surface area contributed by atoms with Gasteiger partial charge in [-0.15, -0.1) is 0 Å². The Morgan fingerprint density at radius 3 is 2.57 bits per heavy atom. The van der Waals surface area contributed by atoms with Crippen LogP contribution in [-0.2, 0) is 0 Å². The highest BCUT2D eigenvalue weighted by atomic mass is 79.9. The first kappa shape index (κ1) is 14.9. The molecular formula is C15H9BrN2O3. The number of nitrogens with zero attached hydrogens (tertiary/aromatic N) is 2. The lowest BCUT2D eigenvalue weighted by Crippen LogP contribution is -2.13. The molecule has 0 heterocycles. The highest BCUT2D eigenvalue weighted by Gasteiger charge is 2.27. The van der Waals surface area contributed by atoms with Crippen molar-refractivity contribution >= 4 is 27.4 Å². The first-order valence-electron chi connectivity index (χ1n) is 5.97. The summed E-state index contributed by atoms with van der Waals surface area (Å²) < 4.78 is 0.732. The van der Waals surface area contributed by atoms with Gasteiger partial charge in [0, 0.05) is 10.5 Å². The van der Waals surface area contributed by atoms with E-state index in [4.69, 9.17) is 0 Å². The van der Waals surface area contributed by atoms with Crippen LogP contribution in [0.3, 0.4) is 0 Å². The van der Waals surface area contributed by atoms with E-state index in [9.17, 15) is 20.2 Å². The van der Waals surface area contributed by atoms with Crippen LogP contribution in [-0.4, -0.2) is 10.7 Å². The van der Waals surface area contributed by atoms with Crippen LogP contribution >= 0.6 is 15.9 Å². The van der Waals surface area contributed by atoms with E-state index >= 15 is 0 Å². The molecule has 1 atom stereocenters. The molecule has 2 rings (SSSR count). The third-order valence-corrected chi connectivity index (χ3v) is 3.43. The van der Waals surface area contributed by atoms with Gasteiger partial charge in [0.05, 0.1) is 16.6 Å². The van der Waals surface area contributed by atoms with Gasteiger partial charge in [0.25, 0.3) is 5.69 Å². The van der Waals surface area contributed by atoms with Crippen LogP contribution in [0.5, 0.6) is 0 Å². The summed E-state index contributed by atoms with van der Waals surface area (Å²) in [5.41, 5.74) is 0.141. The number of hydrogen-bond acceptors (Lipinski definition) is 4. The molecule has 2 aromatic carbocycles. The number of rotatable bonds is 4. The lowest BCUT2D eigenvalue weighted by Gasteiger charge is -2.09. The quantitative estimate of drug-likeness (QED) is 0.479. The Morgan fingerprint density at radius 1 is 1.24 bits per heavy atom. The molecule has 0 bridgehead atoms. The summed E-state index contributed by atoms with van der Waals surface area (Å²) in [5.74, 6) is -1.66. The summed E-state index contributed by atoms with van der Waals surface area (Å²) in [6.07, 6.45) is 0. The van der Waals surface area contributed by atoms with Crippen molar-refractivity contribution in [2.24, 2.45) is 0 Å². The molecule has 0 fully saturated rings. The number of carbonyl (C=O) groups is 1. The van der Waals surface area contributed by atoms with Crippen molar-refractivity contribution in [2.45, 2.75) is 5.92 Å². The number of nitro benzene ring substituents is 1. The lowest BCUT2D eigenvalue weighted by molar-refractivity contribution is -0.385. The predicted octanol–water partition coefficient (Wildman–Crippen LogP) is 3.85. The second-order valence-corrected chi connectivity index (χ2v) is 5.17. The molecule has 0 aromatic heterocycles. The average molecular weight is 345 g/mol. The number of ketones is 1. The van der Waals surface area contributed by atoms with E-state index in [1.807, 2.05) is 6.07 Å². The molecule has 0 aliphatic carbocycles. The summed E-state index contributed by atoms with van der Waals surface area (Å²) >= 11 is 3.27. The van der Waals surface area contributed by atoms with E-state index in [0.29, 0.717) is 5.56 Å². The van der Waals surface area contributed by atoms with E-state index < -0.39 is 16.6 Å². The Hall–Kier alpha value is -2.52. The molecule has 0 amide bonds. The van der Waals surface area contributed by atoms with Gasteiger partial charge in [-0.25, -0.2) is 0 Å². The van der Waals surface area contributed by atoms with E-state index in [2.05, 4.69) is 15.9 Å². The van der Waals surface area contributed by atoms with E-state index in [1.165, 1.54) is 24.3 Å². The number of carbonyl (C=O) groups excluding carboxylic acids is 1. The maximum atomic E-state index is 12.5. The molecule has 0 saturated carbocycles. The molecule has 104 valence electrons. The summed E-state index contributed by atoms with van der Waals surface area (Å²) in [4.78, 5) is 22.8. The Bertz CT molecular complexity index is 753. The van der Waals surface area contributed by atoms with Gasteiger partial charge in [0.2, 0.25) is 0 Å². The van der Waals surface area contributed by atoms with Crippen LogP contribution in [0.2, 0.25) is 0 Å². The minimum atomic E-state index is -1.08.